The second-order valence-electron chi connectivity index (χ2n) is 6.42. The van der Waals surface area contributed by atoms with Gasteiger partial charge in [-0.2, -0.15) is 5.26 Å². The maximum absolute atomic E-state index is 12.7. The number of amides is 2. The first-order chi connectivity index (χ1) is 11.8. The standard InChI is InChI=1S/C19H16ClN3O2/c1-19(2)15-9-13(20)6-7-16(15)23(18(19)25)11-17(24)22-14-5-3-4-12(8-14)10-21/h3-9H,11H2,1-2H3,(H,22,24). The Morgan fingerprint density at radius 2 is 2.04 bits per heavy atom. The molecule has 2 aromatic carbocycles. The van der Waals surface area contributed by atoms with E-state index in [4.69, 9.17) is 16.9 Å². The van der Waals surface area contributed by atoms with Crippen LogP contribution in [0.25, 0.3) is 0 Å². The smallest absolute Gasteiger partial charge is 0.244 e. The molecule has 3 rings (SSSR count). The maximum Gasteiger partial charge on any atom is 0.244 e. The molecule has 2 aromatic rings. The summed E-state index contributed by atoms with van der Waals surface area (Å²) >= 11 is 6.05. The van der Waals surface area contributed by atoms with Gasteiger partial charge in [0, 0.05) is 16.4 Å². The van der Waals surface area contributed by atoms with Gasteiger partial charge in [0.1, 0.15) is 6.54 Å². The monoisotopic (exact) mass is 353 g/mol. The molecule has 1 N–H and O–H groups in total. The van der Waals surface area contributed by atoms with Crippen LogP contribution < -0.4 is 10.2 Å². The van der Waals surface area contributed by atoms with Gasteiger partial charge in [-0.05, 0) is 55.8 Å². The molecule has 6 heteroatoms. The summed E-state index contributed by atoms with van der Waals surface area (Å²) in [6.45, 7) is 3.53. The number of anilines is 2. The molecule has 0 bridgehead atoms. The number of hydrogen-bond acceptors (Lipinski definition) is 3. The first-order valence-corrected chi connectivity index (χ1v) is 8.13. The van der Waals surface area contributed by atoms with Gasteiger partial charge in [-0.3, -0.25) is 9.59 Å². The van der Waals surface area contributed by atoms with E-state index in [9.17, 15) is 9.59 Å². The van der Waals surface area contributed by atoms with E-state index in [0.29, 0.717) is 22.0 Å². The van der Waals surface area contributed by atoms with Crippen molar-refractivity contribution in [1.82, 2.24) is 0 Å². The Balaban J connectivity index is 1.82. The van der Waals surface area contributed by atoms with Crippen molar-refractivity contribution in [2.24, 2.45) is 0 Å². The van der Waals surface area contributed by atoms with Crippen molar-refractivity contribution < 1.29 is 9.59 Å². The molecule has 2 amide bonds. The van der Waals surface area contributed by atoms with Crippen LogP contribution in [-0.2, 0) is 15.0 Å². The van der Waals surface area contributed by atoms with Crippen molar-refractivity contribution in [3.8, 4) is 6.07 Å². The lowest BCUT2D eigenvalue weighted by atomic mass is 9.86. The number of carbonyl (C=O) groups is 2. The van der Waals surface area contributed by atoms with E-state index >= 15 is 0 Å². The topological polar surface area (TPSA) is 73.2 Å². The lowest BCUT2D eigenvalue weighted by Crippen LogP contribution is -2.40. The van der Waals surface area contributed by atoms with Crippen molar-refractivity contribution in [2.45, 2.75) is 19.3 Å². The molecule has 0 unspecified atom stereocenters. The van der Waals surface area contributed by atoms with E-state index in [1.54, 1.807) is 42.5 Å². The maximum atomic E-state index is 12.7. The SMILES string of the molecule is CC1(C)C(=O)N(CC(=O)Nc2cccc(C#N)c2)c2ccc(Cl)cc21. The van der Waals surface area contributed by atoms with E-state index in [2.05, 4.69) is 5.32 Å². The van der Waals surface area contributed by atoms with Gasteiger partial charge in [0.05, 0.1) is 17.0 Å². The number of rotatable bonds is 3. The summed E-state index contributed by atoms with van der Waals surface area (Å²) in [5.74, 6) is -0.479. The van der Waals surface area contributed by atoms with Crippen LogP contribution in [0.5, 0.6) is 0 Å². The van der Waals surface area contributed by atoms with Crippen molar-refractivity contribution in [3.05, 3.63) is 58.6 Å². The summed E-state index contributed by atoms with van der Waals surface area (Å²) < 4.78 is 0. The first kappa shape index (κ1) is 17.0. The molecule has 0 aromatic heterocycles. The van der Waals surface area contributed by atoms with Gasteiger partial charge in [0.25, 0.3) is 0 Å². The third-order valence-corrected chi connectivity index (χ3v) is 4.51. The largest absolute Gasteiger partial charge is 0.324 e. The Kier molecular flexibility index (Phi) is 4.23. The number of fused-ring (bicyclic) bond motifs is 1. The predicted octanol–water partition coefficient (Wildman–Crippen LogP) is 3.47. The van der Waals surface area contributed by atoms with Crippen LogP contribution in [0.15, 0.2) is 42.5 Å². The zero-order valence-electron chi connectivity index (χ0n) is 13.8. The van der Waals surface area contributed by atoms with Gasteiger partial charge in [-0.1, -0.05) is 17.7 Å². The number of nitrogens with zero attached hydrogens (tertiary/aromatic N) is 2. The molecule has 0 saturated heterocycles. The average Bonchev–Trinajstić information content (AvgIpc) is 2.76. The van der Waals surface area contributed by atoms with Crippen LogP contribution in [0.2, 0.25) is 5.02 Å². The predicted molar refractivity (Wildman–Crippen MR) is 96.6 cm³/mol. The van der Waals surface area contributed by atoms with E-state index < -0.39 is 5.41 Å². The zero-order valence-corrected chi connectivity index (χ0v) is 14.6. The van der Waals surface area contributed by atoms with Crippen molar-refractivity contribution in [3.63, 3.8) is 0 Å². The lowest BCUT2D eigenvalue weighted by molar-refractivity contribution is -0.124. The minimum absolute atomic E-state index is 0.103. The van der Waals surface area contributed by atoms with Crippen LogP contribution >= 0.6 is 11.6 Å². The molecule has 1 heterocycles. The summed E-state index contributed by atoms with van der Waals surface area (Å²) in [6, 6.07) is 13.9. The lowest BCUT2D eigenvalue weighted by Gasteiger charge is -2.20. The van der Waals surface area contributed by atoms with Crippen molar-refractivity contribution in [1.29, 1.82) is 5.26 Å². The fraction of sp³-hybridized carbons (Fsp3) is 0.211. The third-order valence-electron chi connectivity index (χ3n) is 4.28. The summed E-state index contributed by atoms with van der Waals surface area (Å²) in [7, 11) is 0. The Morgan fingerprint density at radius 1 is 1.28 bits per heavy atom. The average molecular weight is 354 g/mol. The van der Waals surface area contributed by atoms with E-state index in [-0.39, 0.29) is 18.4 Å². The Bertz CT molecular complexity index is 915. The van der Waals surface area contributed by atoms with Crippen LogP contribution in [0.1, 0.15) is 25.0 Å². The van der Waals surface area contributed by atoms with Gasteiger partial charge in [-0.15, -0.1) is 0 Å². The highest BCUT2D eigenvalue weighted by Crippen LogP contribution is 2.42. The van der Waals surface area contributed by atoms with E-state index in [1.807, 2.05) is 19.9 Å². The van der Waals surface area contributed by atoms with Gasteiger partial charge >= 0.3 is 0 Å². The molecule has 0 atom stereocenters. The normalized spacial score (nSPS) is 14.8. The molecule has 0 saturated carbocycles. The summed E-state index contributed by atoms with van der Waals surface area (Å²) in [6.07, 6.45) is 0. The molecule has 0 radical (unpaired) electrons. The molecule has 0 spiro atoms. The molecule has 0 aliphatic carbocycles. The quantitative estimate of drug-likeness (QED) is 0.918. The first-order valence-electron chi connectivity index (χ1n) is 7.75. The summed E-state index contributed by atoms with van der Waals surface area (Å²) in [5, 5.41) is 12.2. The number of nitrogens with one attached hydrogen (secondary N) is 1. The number of nitriles is 1. The van der Waals surface area contributed by atoms with Gasteiger partial charge in [0.15, 0.2) is 0 Å². The molecule has 0 fully saturated rings. The summed E-state index contributed by atoms with van der Waals surface area (Å²) in [5.41, 5.74) is 1.74. The molecule has 126 valence electrons. The molecule has 1 aliphatic rings. The Hall–Kier alpha value is -2.84. The second kappa shape index (κ2) is 6.23. The number of benzene rings is 2. The molecule has 25 heavy (non-hydrogen) atoms. The molecular weight excluding hydrogens is 338 g/mol. The minimum Gasteiger partial charge on any atom is -0.324 e. The highest BCUT2D eigenvalue weighted by molar-refractivity contribution is 6.31. The van der Waals surface area contributed by atoms with Crippen molar-refractivity contribution >= 4 is 34.8 Å². The fourth-order valence-electron chi connectivity index (χ4n) is 2.97. The van der Waals surface area contributed by atoms with Crippen LogP contribution in [0.3, 0.4) is 0 Å². The van der Waals surface area contributed by atoms with Crippen molar-refractivity contribution in [2.75, 3.05) is 16.8 Å². The fourth-order valence-corrected chi connectivity index (χ4v) is 3.15. The van der Waals surface area contributed by atoms with Crippen LogP contribution in [0, 0.1) is 11.3 Å². The van der Waals surface area contributed by atoms with E-state index in [0.717, 1.165) is 5.56 Å². The molecule has 5 nitrogen and oxygen atoms in total. The van der Waals surface area contributed by atoms with E-state index in [1.165, 1.54) is 4.90 Å². The third kappa shape index (κ3) is 3.09. The van der Waals surface area contributed by atoms with Gasteiger partial charge < -0.3 is 10.2 Å². The van der Waals surface area contributed by atoms with Gasteiger partial charge in [-0.25, -0.2) is 0 Å². The Morgan fingerprint density at radius 3 is 2.76 bits per heavy atom. The zero-order chi connectivity index (χ0) is 18.2. The number of halogens is 1. The molecule has 1 aliphatic heterocycles. The Labute approximate surface area is 150 Å². The molecular formula is C19H16ClN3O2. The highest BCUT2D eigenvalue weighted by atomic mass is 35.5. The minimum atomic E-state index is -0.735. The van der Waals surface area contributed by atoms with Crippen LogP contribution in [0.4, 0.5) is 11.4 Å². The summed E-state index contributed by atoms with van der Waals surface area (Å²) in [4.78, 5) is 26.6. The second-order valence-corrected chi connectivity index (χ2v) is 6.85. The van der Waals surface area contributed by atoms with Gasteiger partial charge in [0.2, 0.25) is 11.8 Å². The highest BCUT2D eigenvalue weighted by Gasteiger charge is 2.44. The number of hydrogen-bond donors (Lipinski definition) is 1. The van der Waals surface area contributed by atoms with Crippen LogP contribution in [-0.4, -0.2) is 18.4 Å². The number of carbonyl (C=O) groups excluding carboxylic acids is 2.